The second-order valence-corrected chi connectivity index (χ2v) is 8.43. The maximum atomic E-state index is 12.5. The predicted octanol–water partition coefficient (Wildman–Crippen LogP) is 2.64. The Morgan fingerprint density at radius 3 is 2.62 bits per heavy atom. The molecule has 0 saturated heterocycles. The Morgan fingerprint density at radius 2 is 1.85 bits per heavy atom. The molecular weight excluding hydrogens is 350 g/mol. The summed E-state index contributed by atoms with van der Waals surface area (Å²) in [5.74, 6) is 1.86. The number of rotatable bonds is 6. The van der Waals surface area contributed by atoms with Gasteiger partial charge in [-0.15, -0.1) is 0 Å². The van der Waals surface area contributed by atoms with Crippen molar-refractivity contribution in [3.63, 3.8) is 0 Å². The molecule has 0 fully saturated rings. The van der Waals surface area contributed by atoms with Crippen molar-refractivity contribution < 1.29 is 17.9 Å². The molecule has 0 unspecified atom stereocenters. The van der Waals surface area contributed by atoms with Crippen LogP contribution in [0.2, 0.25) is 0 Å². The summed E-state index contributed by atoms with van der Waals surface area (Å²) in [5.41, 5.74) is 4.55. The molecule has 2 heterocycles. The van der Waals surface area contributed by atoms with Crippen LogP contribution in [0.3, 0.4) is 0 Å². The van der Waals surface area contributed by atoms with Crippen LogP contribution in [-0.4, -0.2) is 28.2 Å². The smallest absolute Gasteiger partial charge is 0.240 e. The molecule has 26 heavy (non-hydrogen) atoms. The number of aryl methyl sites for hydroxylation is 1. The largest absolute Gasteiger partial charge is 0.493 e. The maximum absolute atomic E-state index is 12.5. The zero-order valence-corrected chi connectivity index (χ0v) is 15.7. The zero-order valence-electron chi connectivity index (χ0n) is 14.9. The predicted molar refractivity (Wildman–Crippen MR) is 99.6 cm³/mol. The fraction of sp³-hybridized carbons (Fsp3) is 0.400. The lowest BCUT2D eigenvalue weighted by molar-refractivity contribution is 0.353. The van der Waals surface area contributed by atoms with Crippen LogP contribution in [-0.2, 0) is 35.7 Å². The summed E-state index contributed by atoms with van der Waals surface area (Å²) in [7, 11) is -3.51. The highest BCUT2D eigenvalue weighted by atomic mass is 32.2. The second-order valence-electron chi connectivity index (χ2n) is 6.66. The highest BCUT2D eigenvalue weighted by Gasteiger charge is 2.26. The zero-order chi connectivity index (χ0) is 18.1. The van der Waals surface area contributed by atoms with E-state index < -0.39 is 10.0 Å². The van der Waals surface area contributed by atoms with Crippen LogP contribution in [0.4, 0.5) is 0 Å². The van der Waals surface area contributed by atoms with Gasteiger partial charge >= 0.3 is 0 Å². The number of hydrogen-bond donors (Lipinski definition) is 1. The van der Waals surface area contributed by atoms with Gasteiger partial charge in [0.05, 0.1) is 18.1 Å². The summed E-state index contributed by atoms with van der Waals surface area (Å²) in [6.45, 7) is 3.75. The van der Waals surface area contributed by atoms with E-state index in [0.29, 0.717) is 31.1 Å². The van der Waals surface area contributed by atoms with Crippen LogP contribution in [0.25, 0.3) is 0 Å². The fourth-order valence-electron chi connectivity index (χ4n) is 3.65. The van der Waals surface area contributed by atoms with Gasteiger partial charge in [0.2, 0.25) is 10.0 Å². The van der Waals surface area contributed by atoms with Crippen molar-refractivity contribution in [1.82, 2.24) is 4.72 Å². The van der Waals surface area contributed by atoms with Crippen molar-refractivity contribution in [2.45, 2.75) is 37.5 Å². The lowest BCUT2D eigenvalue weighted by Crippen LogP contribution is -2.26. The van der Waals surface area contributed by atoms with Gasteiger partial charge in [-0.3, -0.25) is 0 Å². The second kappa shape index (κ2) is 6.93. The van der Waals surface area contributed by atoms with Crippen molar-refractivity contribution in [2.75, 3.05) is 19.8 Å². The molecule has 138 valence electrons. The molecule has 2 aliphatic heterocycles. The van der Waals surface area contributed by atoms with E-state index in [1.165, 1.54) is 5.56 Å². The van der Waals surface area contributed by atoms with Gasteiger partial charge in [-0.2, -0.15) is 0 Å². The molecule has 0 radical (unpaired) electrons. The Bertz CT molecular complexity index is 888. The molecule has 0 bridgehead atoms. The highest BCUT2D eigenvalue weighted by Crippen LogP contribution is 2.40. The molecule has 0 amide bonds. The molecule has 2 aromatic rings. The Labute approximate surface area is 154 Å². The average molecular weight is 373 g/mol. The number of ether oxygens (including phenoxy) is 2. The van der Waals surface area contributed by atoms with Crippen LogP contribution in [0, 0.1) is 0 Å². The van der Waals surface area contributed by atoms with Crippen LogP contribution in [0.5, 0.6) is 11.5 Å². The molecule has 0 aromatic heterocycles. The highest BCUT2D eigenvalue weighted by molar-refractivity contribution is 7.89. The Kier molecular flexibility index (Phi) is 4.63. The Balaban J connectivity index is 1.50. The quantitative estimate of drug-likeness (QED) is 0.845. The van der Waals surface area contributed by atoms with Gasteiger partial charge in [0.25, 0.3) is 0 Å². The molecule has 2 aromatic carbocycles. The van der Waals surface area contributed by atoms with Crippen molar-refractivity contribution >= 4 is 10.0 Å². The third kappa shape index (κ3) is 3.19. The average Bonchev–Trinajstić information content (AvgIpc) is 3.30. The van der Waals surface area contributed by atoms with E-state index in [1.807, 2.05) is 19.1 Å². The van der Waals surface area contributed by atoms with E-state index in [2.05, 4.69) is 10.8 Å². The van der Waals surface area contributed by atoms with Crippen LogP contribution < -0.4 is 14.2 Å². The minimum absolute atomic E-state index is 0.304. The molecule has 2 aliphatic rings. The van der Waals surface area contributed by atoms with E-state index in [-0.39, 0.29) is 0 Å². The molecule has 0 aliphatic carbocycles. The number of benzene rings is 2. The Morgan fingerprint density at radius 1 is 1.08 bits per heavy atom. The molecule has 6 heteroatoms. The topological polar surface area (TPSA) is 64.6 Å². The molecular formula is C20H23NO4S. The molecule has 4 rings (SSSR count). The summed E-state index contributed by atoms with van der Waals surface area (Å²) in [4.78, 5) is 0.304. The molecule has 0 saturated carbocycles. The first kappa shape index (κ1) is 17.4. The van der Waals surface area contributed by atoms with E-state index in [0.717, 1.165) is 47.5 Å². The normalized spacial score (nSPS) is 15.3. The number of hydrogen-bond acceptors (Lipinski definition) is 4. The molecule has 1 N–H and O–H groups in total. The summed E-state index contributed by atoms with van der Waals surface area (Å²) < 4.78 is 39.3. The summed E-state index contributed by atoms with van der Waals surface area (Å²) >= 11 is 0. The SMILES string of the molecule is CCc1ccc(S(=O)(=O)NCCc2c3c(cc4c2OCC4)OCC3)cc1. The monoisotopic (exact) mass is 373 g/mol. The van der Waals surface area contributed by atoms with Gasteiger partial charge in [0, 0.05) is 36.1 Å². The number of fused-ring (bicyclic) bond motifs is 2. The van der Waals surface area contributed by atoms with E-state index >= 15 is 0 Å². The number of sulfonamides is 1. The van der Waals surface area contributed by atoms with Crippen LogP contribution in [0.15, 0.2) is 35.2 Å². The maximum Gasteiger partial charge on any atom is 0.240 e. The minimum Gasteiger partial charge on any atom is -0.493 e. The lowest BCUT2D eigenvalue weighted by atomic mass is 9.97. The Hall–Kier alpha value is -2.05. The third-order valence-corrected chi connectivity index (χ3v) is 6.55. The molecule has 0 atom stereocenters. The van der Waals surface area contributed by atoms with E-state index in [4.69, 9.17) is 9.47 Å². The van der Waals surface area contributed by atoms with Crippen LogP contribution >= 0.6 is 0 Å². The van der Waals surface area contributed by atoms with Crippen molar-refractivity contribution in [3.8, 4) is 11.5 Å². The fourth-order valence-corrected chi connectivity index (χ4v) is 4.68. The van der Waals surface area contributed by atoms with Crippen molar-refractivity contribution in [3.05, 3.63) is 52.6 Å². The summed E-state index contributed by atoms with van der Waals surface area (Å²) in [6.07, 6.45) is 3.22. The van der Waals surface area contributed by atoms with Crippen molar-refractivity contribution in [2.24, 2.45) is 0 Å². The van der Waals surface area contributed by atoms with Gasteiger partial charge < -0.3 is 9.47 Å². The minimum atomic E-state index is -3.51. The van der Waals surface area contributed by atoms with Gasteiger partial charge in [-0.1, -0.05) is 19.1 Å². The van der Waals surface area contributed by atoms with Gasteiger partial charge in [-0.25, -0.2) is 13.1 Å². The van der Waals surface area contributed by atoms with Gasteiger partial charge in [0.15, 0.2) is 0 Å². The summed E-state index contributed by atoms with van der Waals surface area (Å²) in [5, 5.41) is 0. The first-order chi connectivity index (χ1) is 12.6. The first-order valence-corrected chi connectivity index (χ1v) is 10.6. The van der Waals surface area contributed by atoms with Crippen LogP contribution in [0.1, 0.15) is 29.2 Å². The van der Waals surface area contributed by atoms with E-state index in [1.54, 1.807) is 12.1 Å². The van der Waals surface area contributed by atoms with Gasteiger partial charge in [-0.05, 0) is 36.6 Å². The standard InChI is InChI=1S/C20H23NO4S/c1-2-14-3-5-16(6-4-14)26(22,23)21-10-7-18-17-9-12-24-19(17)13-15-8-11-25-20(15)18/h3-6,13,21H,2,7-12H2,1H3. The molecule has 0 spiro atoms. The summed E-state index contributed by atoms with van der Waals surface area (Å²) in [6, 6.07) is 9.12. The lowest BCUT2D eigenvalue weighted by Gasteiger charge is -2.13. The third-order valence-electron chi connectivity index (χ3n) is 5.07. The van der Waals surface area contributed by atoms with E-state index in [9.17, 15) is 8.42 Å². The van der Waals surface area contributed by atoms with Crippen molar-refractivity contribution in [1.29, 1.82) is 0 Å². The molecule has 5 nitrogen and oxygen atoms in total. The first-order valence-electron chi connectivity index (χ1n) is 9.10. The number of nitrogens with one attached hydrogen (secondary N) is 1. The van der Waals surface area contributed by atoms with Gasteiger partial charge in [0.1, 0.15) is 11.5 Å².